The SMILES string of the molecule is C/C(=C\c1ccccc1F)C(=O)NCC(C)N1CCCC1. The monoisotopic (exact) mass is 290 g/mol. The minimum absolute atomic E-state index is 0.135. The minimum atomic E-state index is -0.310. The van der Waals surface area contributed by atoms with Crippen LogP contribution in [0.3, 0.4) is 0 Å². The van der Waals surface area contributed by atoms with Gasteiger partial charge in [0.25, 0.3) is 0 Å². The molecule has 1 unspecified atom stereocenters. The lowest BCUT2D eigenvalue weighted by Crippen LogP contribution is -2.40. The molecule has 1 atom stereocenters. The van der Waals surface area contributed by atoms with Crippen LogP contribution in [0.5, 0.6) is 0 Å². The van der Waals surface area contributed by atoms with Gasteiger partial charge in [0, 0.05) is 23.7 Å². The van der Waals surface area contributed by atoms with Crippen LogP contribution in [0.1, 0.15) is 32.3 Å². The van der Waals surface area contributed by atoms with Crippen LogP contribution in [0.4, 0.5) is 4.39 Å². The molecule has 1 heterocycles. The lowest BCUT2D eigenvalue weighted by atomic mass is 10.1. The Bertz CT molecular complexity index is 521. The molecular weight excluding hydrogens is 267 g/mol. The molecule has 0 spiro atoms. The van der Waals surface area contributed by atoms with Gasteiger partial charge in [0.1, 0.15) is 5.82 Å². The molecule has 114 valence electrons. The lowest BCUT2D eigenvalue weighted by molar-refractivity contribution is -0.117. The van der Waals surface area contributed by atoms with E-state index in [1.807, 2.05) is 0 Å². The van der Waals surface area contributed by atoms with E-state index in [4.69, 9.17) is 0 Å². The molecule has 1 aromatic carbocycles. The summed E-state index contributed by atoms with van der Waals surface area (Å²) in [4.78, 5) is 14.4. The molecule has 0 aliphatic carbocycles. The van der Waals surface area contributed by atoms with Crippen molar-refractivity contribution in [1.29, 1.82) is 0 Å². The summed E-state index contributed by atoms with van der Waals surface area (Å²) in [7, 11) is 0. The second-order valence-corrected chi connectivity index (χ2v) is 5.65. The minimum Gasteiger partial charge on any atom is -0.351 e. The molecule has 1 N–H and O–H groups in total. The summed E-state index contributed by atoms with van der Waals surface area (Å²) in [6.07, 6.45) is 4.07. The van der Waals surface area contributed by atoms with Gasteiger partial charge in [-0.2, -0.15) is 0 Å². The Balaban J connectivity index is 1.89. The highest BCUT2D eigenvalue weighted by molar-refractivity contribution is 5.97. The van der Waals surface area contributed by atoms with Crippen molar-refractivity contribution in [2.24, 2.45) is 0 Å². The zero-order chi connectivity index (χ0) is 15.2. The highest BCUT2D eigenvalue weighted by atomic mass is 19.1. The molecule has 1 fully saturated rings. The van der Waals surface area contributed by atoms with Gasteiger partial charge in [0.05, 0.1) is 0 Å². The van der Waals surface area contributed by atoms with E-state index in [0.717, 1.165) is 13.1 Å². The largest absolute Gasteiger partial charge is 0.351 e. The standard InChI is InChI=1S/C17H23FN2O/c1-13(11-15-7-3-4-8-16(15)18)17(21)19-12-14(2)20-9-5-6-10-20/h3-4,7-8,11,14H,5-6,9-10,12H2,1-2H3,(H,19,21)/b13-11+. The third-order valence-corrected chi connectivity index (χ3v) is 3.96. The summed E-state index contributed by atoms with van der Waals surface area (Å²) in [5.74, 6) is -0.445. The van der Waals surface area contributed by atoms with Crippen molar-refractivity contribution in [2.45, 2.75) is 32.7 Å². The molecule has 1 amide bonds. The summed E-state index contributed by atoms with van der Waals surface area (Å²) in [5, 5.41) is 2.93. The maximum Gasteiger partial charge on any atom is 0.246 e. The van der Waals surface area contributed by atoms with E-state index in [-0.39, 0.29) is 11.7 Å². The molecule has 4 heteroatoms. The molecular formula is C17H23FN2O. The van der Waals surface area contributed by atoms with Gasteiger partial charge in [0.2, 0.25) is 5.91 Å². The average molecular weight is 290 g/mol. The highest BCUT2D eigenvalue weighted by Crippen LogP contribution is 2.12. The summed E-state index contributed by atoms with van der Waals surface area (Å²) < 4.78 is 13.5. The number of carbonyl (C=O) groups is 1. The number of nitrogens with zero attached hydrogens (tertiary/aromatic N) is 1. The Kier molecular flexibility index (Phi) is 5.51. The third-order valence-electron chi connectivity index (χ3n) is 3.96. The molecule has 1 saturated heterocycles. The molecule has 0 aromatic heterocycles. The second-order valence-electron chi connectivity index (χ2n) is 5.65. The Morgan fingerprint density at radius 1 is 1.38 bits per heavy atom. The first kappa shape index (κ1) is 15.7. The van der Waals surface area contributed by atoms with Crippen molar-refractivity contribution in [3.63, 3.8) is 0 Å². The molecule has 0 saturated carbocycles. The predicted octanol–water partition coefficient (Wildman–Crippen LogP) is 2.83. The van der Waals surface area contributed by atoms with Crippen molar-refractivity contribution in [2.75, 3.05) is 19.6 Å². The zero-order valence-corrected chi connectivity index (χ0v) is 12.7. The van der Waals surface area contributed by atoms with Gasteiger partial charge in [-0.15, -0.1) is 0 Å². The van der Waals surface area contributed by atoms with Gasteiger partial charge in [-0.3, -0.25) is 9.69 Å². The van der Waals surface area contributed by atoms with Crippen LogP contribution < -0.4 is 5.32 Å². The number of nitrogens with one attached hydrogen (secondary N) is 1. The number of amides is 1. The van der Waals surface area contributed by atoms with E-state index in [9.17, 15) is 9.18 Å². The lowest BCUT2D eigenvalue weighted by Gasteiger charge is -2.23. The van der Waals surface area contributed by atoms with Crippen molar-refractivity contribution in [3.8, 4) is 0 Å². The summed E-state index contributed by atoms with van der Waals surface area (Å²) in [5.41, 5.74) is 0.964. The number of likely N-dealkylation sites (tertiary alicyclic amines) is 1. The van der Waals surface area contributed by atoms with Crippen molar-refractivity contribution in [1.82, 2.24) is 10.2 Å². The smallest absolute Gasteiger partial charge is 0.246 e. The summed E-state index contributed by atoms with van der Waals surface area (Å²) >= 11 is 0. The van der Waals surface area contributed by atoms with Gasteiger partial charge >= 0.3 is 0 Å². The van der Waals surface area contributed by atoms with Gasteiger partial charge < -0.3 is 5.32 Å². The van der Waals surface area contributed by atoms with E-state index in [0.29, 0.717) is 23.7 Å². The van der Waals surface area contributed by atoms with Crippen LogP contribution in [0.2, 0.25) is 0 Å². The third kappa shape index (κ3) is 4.39. The molecule has 1 aromatic rings. The first-order valence-electron chi connectivity index (χ1n) is 7.53. The van der Waals surface area contributed by atoms with Crippen LogP contribution in [-0.4, -0.2) is 36.5 Å². The van der Waals surface area contributed by atoms with Gasteiger partial charge in [0.15, 0.2) is 0 Å². The first-order chi connectivity index (χ1) is 10.1. The molecule has 0 bridgehead atoms. The highest BCUT2D eigenvalue weighted by Gasteiger charge is 2.18. The number of hydrogen-bond acceptors (Lipinski definition) is 2. The summed E-state index contributed by atoms with van der Waals surface area (Å²) in [6, 6.07) is 6.80. The van der Waals surface area contributed by atoms with Crippen LogP contribution in [0.15, 0.2) is 29.8 Å². The van der Waals surface area contributed by atoms with E-state index < -0.39 is 0 Å². The Morgan fingerprint density at radius 3 is 2.71 bits per heavy atom. The Hall–Kier alpha value is -1.68. The zero-order valence-electron chi connectivity index (χ0n) is 12.7. The molecule has 21 heavy (non-hydrogen) atoms. The number of hydrogen-bond donors (Lipinski definition) is 1. The average Bonchev–Trinajstić information content (AvgIpc) is 3.01. The molecule has 1 aliphatic heterocycles. The number of carbonyl (C=O) groups excluding carboxylic acids is 1. The van der Waals surface area contributed by atoms with Crippen LogP contribution in [0.25, 0.3) is 6.08 Å². The van der Waals surface area contributed by atoms with Crippen molar-refractivity contribution in [3.05, 3.63) is 41.2 Å². The fourth-order valence-corrected chi connectivity index (χ4v) is 2.58. The van der Waals surface area contributed by atoms with Gasteiger partial charge in [-0.05, 0) is 51.9 Å². The number of benzene rings is 1. The quantitative estimate of drug-likeness (QED) is 0.846. The van der Waals surface area contributed by atoms with Crippen LogP contribution >= 0.6 is 0 Å². The van der Waals surface area contributed by atoms with Crippen molar-refractivity contribution >= 4 is 12.0 Å². The number of halogens is 1. The Morgan fingerprint density at radius 2 is 2.05 bits per heavy atom. The second kappa shape index (κ2) is 7.36. The van der Waals surface area contributed by atoms with Crippen LogP contribution in [-0.2, 0) is 4.79 Å². The molecule has 3 nitrogen and oxygen atoms in total. The van der Waals surface area contributed by atoms with Gasteiger partial charge in [-0.25, -0.2) is 4.39 Å². The first-order valence-corrected chi connectivity index (χ1v) is 7.53. The maximum atomic E-state index is 13.5. The van der Waals surface area contributed by atoms with Crippen LogP contribution in [0, 0.1) is 5.82 Å². The van der Waals surface area contributed by atoms with E-state index in [1.54, 1.807) is 31.2 Å². The molecule has 1 aliphatic rings. The normalized spacial score (nSPS) is 17.8. The molecule has 2 rings (SSSR count). The van der Waals surface area contributed by atoms with E-state index in [2.05, 4.69) is 17.1 Å². The van der Waals surface area contributed by atoms with E-state index >= 15 is 0 Å². The van der Waals surface area contributed by atoms with E-state index in [1.165, 1.54) is 18.9 Å². The topological polar surface area (TPSA) is 32.3 Å². The fraction of sp³-hybridized carbons (Fsp3) is 0.471. The molecule has 0 radical (unpaired) electrons. The summed E-state index contributed by atoms with van der Waals surface area (Å²) in [6.45, 7) is 6.69. The van der Waals surface area contributed by atoms with Gasteiger partial charge in [-0.1, -0.05) is 18.2 Å². The maximum absolute atomic E-state index is 13.5. The Labute approximate surface area is 125 Å². The predicted molar refractivity (Wildman–Crippen MR) is 83.3 cm³/mol. The number of rotatable bonds is 5. The van der Waals surface area contributed by atoms with Crippen molar-refractivity contribution < 1.29 is 9.18 Å². The fourth-order valence-electron chi connectivity index (χ4n) is 2.58.